The van der Waals surface area contributed by atoms with Gasteiger partial charge in [0.25, 0.3) is 0 Å². The first-order valence-corrected chi connectivity index (χ1v) is 8.70. The van der Waals surface area contributed by atoms with E-state index < -0.39 is 15.6 Å². The van der Waals surface area contributed by atoms with Gasteiger partial charge in [0, 0.05) is 6.04 Å². The van der Waals surface area contributed by atoms with E-state index in [2.05, 4.69) is 5.32 Å². The SMILES string of the molecule is CSCCC(C)Nc1ccccc1S(=O)(=O)C(F)F. The van der Waals surface area contributed by atoms with Crippen LogP contribution in [0.25, 0.3) is 0 Å². The summed E-state index contributed by atoms with van der Waals surface area (Å²) in [5, 5.41) is 2.98. The van der Waals surface area contributed by atoms with Crippen LogP contribution in [0.15, 0.2) is 29.2 Å². The number of anilines is 1. The maximum atomic E-state index is 12.6. The second-order valence-electron chi connectivity index (χ2n) is 4.13. The van der Waals surface area contributed by atoms with E-state index >= 15 is 0 Å². The van der Waals surface area contributed by atoms with Crippen LogP contribution in [0.2, 0.25) is 0 Å². The smallest absolute Gasteiger partial charge is 0.341 e. The molecule has 0 saturated heterocycles. The molecule has 1 aromatic rings. The number of thioether (sulfide) groups is 1. The van der Waals surface area contributed by atoms with Crippen LogP contribution in [0.5, 0.6) is 0 Å². The van der Waals surface area contributed by atoms with Crippen molar-refractivity contribution < 1.29 is 17.2 Å². The predicted molar refractivity (Wildman–Crippen MR) is 75.7 cm³/mol. The minimum atomic E-state index is -4.57. The van der Waals surface area contributed by atoms with Crippen LogP contribution in [-0.2, 0) is 9.84 Å². The number of para-hydroxylation sites is 1. The van der Waals surface area contributed by atoms with Gasteiger partial charge in [-0.3, -0.25) is 0 Å². The van der Waals surface area contributed by atoms with Gasteiger partial charge in [-0.2, -0.15) is 20.5 Å². The van der Waals surface area contributed by atoms with Crippen LogP contribution >= 0.6 is 11.8 Å². The molecule has 0 spiro atoms. The van der Waals surface area contributed by atoms with Gasteiger partial charge < -0.3 is 5.32 Å². The molecule has 0 aromatic heterocycles. The van der Waals surface area contributed by atoms with Crippen molar-refractivity contribution in [1.29, 1.82) is 0 Å². The number of rotatable bonds is 7. The maximum Gasteiger partial charge on any atom is 0.341 e. The zero-order valence-corrected chi connectivity index (χ0v) is 12.4. The zero-order chi connectivity index (χ0) is 14.5. The Morgan fingerprint density at radius 3 is 2.53 bits per heavy atom. The molecule has 1 aromatic carbocycles. The van der Waals surface area contributed by atoms with Gasteiger partial charge in [0.05, 0.1) is 10.6 Å². The molecule has 0 aliphatic rings. The molecule has 1 atom stereocenters. The summed E-state index contributed by atoms with van der Waals surface area (Å²) in [6.45, 7) is 1.89. The quantitative estimate of drug-likeness (QED) is 0.840. The van der Waals surface area contributed by atoms with Gasteiger partial charge in [0.1, 0.15) is 0 Å². The van der Waals surface area contributed by atoms with Crippen molar-refractivity contribution in [2.45, 2.75) is 30.0 Å². The van der Waals surface area contributed by atoms with Gasteiger partial charge in [-0.1, -0.05) is 12.1 Å². The van der Waals surface area contributed by atoms with E-state index in [4.69, 9.17) is 0 Å². The summed E-state index contributed by atoms with van der Waals surface area (Å²) in [5.74, 6) is -2.49. The van der Waals surface area contributed by atoms with Crippen LogP contribution < -0.4 is 5.32 Å². The summed E-state index contributed by atoms with van der Waals surface area (Å²) >= 11 is 1.68. The molecule has 0 heterocycles. The summed E-state index contributed by atoms with van der Waals surface area (Å²) in [6, 6.07) is 5.78. The highest BCUT2D eigenvalue weighted by molar-refractivity contribution is 7.98. The Kier molecular flexibility index (Phi) is 6.06. The summed E-state index contributed by atoms with van der Waals surface area (Å²) in [4.78, 5) is -0.346. The minimum absolute atomic E-state index is 0.0153. The first kappa shape index (κ1) is 16.2. The molecule has 1 N–H and O–H groups in total. The summed E-state index contributed by atoms with van der Waals surface area (Å²) in [6.07, 6.45) is 2.80. The van der Waals surface area contributed by atoms with E-state index in [1.165, 1.54) is 18.2 Å². The molecule has 1 unspecified atom stereocenters. The molecule has 7 heteroatoms. The number of sulfone groups is 1. The van der Waals surface area contributed by atoms with Gasteiger partial charge >= 0.3 is 5.76 Å². The molecule has 0 saturated carbocycles. The van der Waals surface area contributed by atoms with Crippen molar-refractivity contribution in [2.75, 3.05) is 17.3 Å². The lowest BCUT2D eigenvalue weighted by molar-refractivity contribution is 0.235. The van der Waals surface area contributed by atoms with E-state index in [-0.39, 0.29) is 16.6 Å². The Hall–Kier alpha value is -0.820. The van der Waals surface area contributed by atoms with Crippen molar-refractivity contribution in [3.63, 3.8) is 0 Å². The molecule has 0 aliphatic heterocycles. The van der Waals surface area contributed by atoms with Gasteiger partial charge in [0.15, 0.2) is 0 Å². The molecule has 0 aliphatic carbocycles. The average molecular weight is 309 g/mol. The Morgan fingerprint density at radius 1 is 1.32 bits per heavy atom. The fourth-order valence-electron chi connectivity index (χ4n) is 1.56. The van der Waals surface area contributed by atoms with Crippen LogP contribution in [0.3, 0.4) is 0 Å². The Bertz CT molecular complexity index is 506. The molecular weight excluding hydrogens is 292 g/mol. The number of alkyl halides is 2. The maximum absolute atomic E-state index is 12.6. The third kappa shape index (κ3) is 4.35. The van der Waals surface area contributed by atoms with Gasteiger partial charge in [0.2, 0.25) is 9.84 Å². The molecule has 3 nitrogen and oxygen atoms in total. The molecule has 0 amide bonds. The topological polar surface area (TPSA) is 46.2 Å². The van der Waals surface area contributed by atoms with E-state index in [0.29, 0.717) is 0 Å². The van der Waals surface area contributed by atoms with Gasteiger partial charge in [-0.25, -0.2) is 8.42 Å². The largest absolute Gasteiger partial charge is 0.382 e. The van der Waals surface area contributed by atoms with E-state index in [1.807, 2.05) is 13.2 Å². The second-order valence-corrected chi connectivity index (χ2v) is 7.00. The Morgan fingerprint density at radius 2 is 1.95 bits per heavy atom. The monoisotopic (exact) mass is 309 g/mol. The number of halogens is 2. The third-order valence-corrected chi connectivity index (χ3v) is 4.67. The molecule has 0 radical (unpaired) electrons. The molecule has 0 bridgehead atoms. The van der Waals surface area contributed by atoms with Crippen molar-refractivity contribution >= 4 is 27.3 Å². The van der Waals surface area contributed by atoms with E-state index in [0.717, 1.165) is 12.2 Å². The average Bonchev–Trinajstić information content (AvgIpc) is 2.36. The molecule has 0 fully saturated rings. The Balaban J connectivity index is 2.97. The number of nitrogens with one attached hydrogen (secondary N) is 1. The summed E-state index contributed by atoms with van der Waals surface area (Å²) in [7, 11) is -4.57. The van der Waals surface area contributed by atoms with E-state index in [1.54, 1.807) is 17.8 Å². The van der Waals surface area contributed by atoms with Crippen molar-refractivity contribution in [3.05, 3.63) is 24.3 Å². The minimum Gasteiger partial charge on any atom is -0.382 e. The summed E-state index contributed by atoms with van der Waals surface area (Å²) < 4.78 is 48.3. The standard InChI is InChI=1S/C12H17F2NO2S2/c1-9(7-8-18-2)15-10-5-3-4-6-11(10)19(16,17)12(13)14/h3-6,9,12,15H,7-8H2,1-2H3. The number of benzene rings is 1. The van der Waals surface area contributed by atoms with Gasteiger partial charge in [-0.15, -0.1) is 0 Å². The normalized spacial score (nSPS) is 13.5. The van der Waals surface area contributed by atoms with Crippen molar-refractivity contribution in [3.8, 4) is 0 Å². The van der Waals surface area contributed by atoms with Crippen LogP contribution in [-0.4, -0.2) is 32.2 Å². The zero-order valence-electron chi connectivity index (χ0n) is 10.8. The molecule has 19 heavy (non-hydrogen) atoms. The van der Waals surface area contributed by atoms with Crippen LogP contribution in [0.1, 0.15) is 13.3 Å². The molecule has 108 valence electrons. The highest BCUT2D eigenvalue weighted by Crippen LogP contribution is 2.26. The first-order valence-electron chi connectivity index (χ1n) is 5.76. The predicted octanol–water partition coefficient (Wildman–Crippen LogP) is 3.24. The fraction of sp³-hybridized carbons (Fsp3) is 0.500. The highest BCUT2D eigenvalue weighted by atomic mass is 32.2. The number of hydrogen-bond donors (Lipinski definition) is 1. The lowest BCUT2D eigenvalue weighted by Gasteiger charge is -2.17. The second kappa shape index (κ2) is 7.09. The van der Waals surface area contributed by atoms with Crippen LogP contribution in [0.4, 0.5) is 14.5 Å². The fourth-order valence-corrected chi connectivity index (χ4v) is 3.05. The molecule has 1 rings (SSSR count). The van der Waals surface area contributed by atoms with E-state index in [9.17, 15) is 17.2 Å². The highest BCUT2D eigenvalue weighted by Gasteiger charge is 2.29. The van der Waals surface area contributed by atoms with Crippen molar-refractivity contribution in [2.24, 2.45) is 0 Å². The lowest BCUT2D eigenvalue weighted by Crippen LogP contribution is -2.20. The first-order chi connectivity index (χ1) is 8.89. The molecular formula is C12H17F2NO2S2. The lowest BCUT2D eigenvalue weighted by atomic mass is 10.2. The number of hydrogen-bond acceptors (Lipinski definition) is 4. The van der Waals surface area contributed by atoms with Gasteiger partial charge in [-0.05, 0) is 37.5 Å². The summed E-state index contributed by atoms with van der Waals surface area (Å²) in [5.41, 5.74) is 0.233. The third-order valence-electron chi connectivity index (χ3n) is 2.59. The Labute approximate surface area is 116 Å². The van der Waals surface area contributed by atoms with Crippen molar-refractivity contribution in [1.82, 2.24) is 0 Å². The van der Waals surface area contributed by atoms with Crippen LogP contribution in [0, 0.1) is 0 Å².